The van der Waals surface area contributed by atoms with Gasteiger partial charge in [0.2, 0.25) is 0 Å². The first-order valence-electron chi connectivity index (χ1n) is 11.4. The molecule has 0 N–H and O–H groups in total. The number of rotatable bonds is 2. The van der Waals surface area contributed by atoms with Crippen LogP contribution in [0.2, 0.25) is 18.1 Å². The number of carbonyl (C=O) groups excluding carboxylic acids is 2. The maximum absolute atomic E-state index is 13.6. The second-order valence-corrected chi connectivity index (χ2v) is 15.8. The van der Waals surface area contributed by atoms with Crippen molar-refractivity contribution in [3.05, 3.63) is 23.8 Å². The van der Waals surface area contributed by atoms with Crippen LogP contribution < -0.4 is 0 Å². The zero-order valence-corrected chi connectivity index (χ0v) is 21.4. The van der Waals surface area contributed by atoms with Gasteiger partial charge in [-0.15, -0.1) is 0 Å². The Morgan fingerprint density at radius 2 is 1.90 bits per heavy atom. The van der Waals surface area contributed by atoms with Gasteiger partial charge in [-0.25, -0.2) is 9.59 Å². The van der Waals surface area contributed by atoms with Crippen LogP contribution in [-0.2, 0) is 23.5 Å². The molecule has 5 atom stereocenters. The van der Waals surface area contributed by atoms with Gasteiger partial charge < -0.3 is 13.9 Å². The van der Waals surface area contributed by atoms with E-state index in [0.29, 0.717) is 5.57 Å². The Morgan fingerprint density at radius 3 is 2.52 bits per heavy atom. The molecule has 0 spiro atoms. The molecule has 2 fully saturated rings. The Kier molecular flexibility index (Phi) is 6.37. The SMILES string of the molecule is C=C1C(=O)O[C@@H]2CCN3CC=C(COC(=O)[C@](C)(O[Si](C)(C)C(C)(C)C)[C@H](C)C1C)[C@H]23. The molecule has 0 aliphatic carbocycles. The van der Waals surface area contributed by atoms with E-state index in [9.17, 15) is 9.59 Å². The molecule has 1 unspecified atom stereocenters. The van der Waals surface area contributed by atoms with Crippen molar-refractivity contribution < 1.29 is 23.5 Å². The minimum atomic E-state index is -2.32. The van der Waals surface area contributed by atoms with Crippen LogP contribution >= 0.6 is 0 Å². The molecule has 3 heterocycles. The van der Waals surface area contributed by atoms with Gasteiger partial charge in [-0.2, -0.15) is 0 Å². The molecule has 2 saturated heterocycles. The number of hydrogen-bond acceptors (Lipinski definition) is 6. The van der Waals surface area contributed by atoms with Gasteiger partial charge in [0.05, 0.1) is 6.04 Å². The number of ether oxygens (including phenoxy) is 2. The third-order valence-corrected chi connectivity index (χ3v) is 12.7. The molecule has 0 radical (unpaired) electrons. The van der Waals surface area contributed by atoms with Crippen molar-refractivity contribution >= 4 is 20.3 Å². The van der Waals surface area contributed by atoms with Crippen LogP contribution in [0, 0.1) is 11.8 Å². The smallest absolute Gasteiger partial charge is 0.337 e. The lowest BCUT2D eigenvalue weighted by molar-refractivity contribution is -0.168. The molecule has 6 nitrogen and oxygen atoms in total. The third-order valence-electron chi connectivity index (χ3n) is 8.15. The summed E-state index contributed by atoms with van der Waals surface area (Å²) in [5, 5.41) is -0.0789. The fourth-order valence-corrected chi connectivity index (χ4v) is 6.24. The number of nitrogens with zero attached hydrogens (tertiary/aromatic N) is 1. The quantitative estimate of drug-likeness (QED) is 0.274. The van der Waals surface area contributed by atoms with Crippen LogP contribution in [0.25, 0.3) is 0 Å². The predicted molar refractivity (Wildman–Crippen MR) is 123 cm³/mol. The molecule has 3 rings (SSSR count). The first-order chi connectivity index (χ1) is 14.2. The fraction of sp³-hybridized carbons (Fsp3) is 0.750. The summed E-state index contributed by atoms with van der Waals surface area (Å²) < 4.78 is 18.5. The molecule has 174 valence electrons. The molecule has 0 aromatic rings. The van der Waals surface area contributed by atoms with Crippen molar-refractivity contribution in [3.63, 3.8) is 0 Å². The molecule has 3 aliphatic heterocycles. The summed E-state index contributed by atoms with van der Waals surface area (Å²) in [6.45, 7) is 22.3. The van der Waals surface area contributed by atoms with Crippen LogP contribution in [-0.4, -0.2) is 62.6 Å². The fourth-order valence-electron chi connectivity index (χ4n) is 4.60. The highest BCUT2D eigenvalue weighted by atomic mass is 28.4. The predicted octanol–water partition coefficient (Wildman–Crippen LogP) is 4.08. The molecule has 0 bridgehead atoms. The normalized spacial score (nSPS) is 35.6. The highest BCUT2D eigenvalue weighted by Crippen LogP contribution is 2.44. The maximum atomic E-state index is 13.6. The summed E-state index contributed by atoms with van der Waals surface area (Å²) in [5.41, 5.74) is 0.191. The van der Waals surface area contributed by atoms with E-state index in [1.165, 1.54) is 0 Å². The van der Waals surface area contributed by atoms with Gasteiger partial charge in [0.25, 0.3) is 0 Å². The van der Waals surface area contributed by atoms with Crippen LogP contribution in [0.1, 0.15) is 48.0 Å². The molecule has 3 aliphatic rings. The van der Waals surface area contributed by atoms with Crippen molar-refractivity contribution in [1.82, 2.24) is 4.90 Å². The van der Waals surface area contributed by atoms with Crippen molar-refractivity contribution in [2.24, 2.45) is 11.8 Å². The zero-order chi connectivity index (χ0) is 23.4. The summed E-state index contributed by atoms with van der Waals surface area (Å²) in [4.78, 5) is 28.8. The van der Waals surface area contributed by atoms with Crippen molar-refractivity contribution in [2.75, 3.05) is 19.7 Å². The zero-order valence-electron chi connectivity index (χ0n) is 20.4. The van der Waals surface area contributed by atoms with Gasteiger partial charge in [-0.3, -0.25) is 4.90 Å². The van der Waals surface area contributed by atoms with Crippen LogP contribution in [0.5, 0.6) is 0 Å². The molecule has 7 heteroatoms. The lowest BCUT2D eigenvalue weighted by Crippen LogP contribution is -2.57. The van der Waals surface area contributed by atoms with Gasteiger partial charge in [0, 0.05) is 24.6 Å². The monoisotopic (exact) mass is 449 g/mol. The average Bonchev–Trinajstić information content (AvgIpc) is 3.25. The van der Waals surface area contributed by atoms with Gasteiger partial charge in [0.15, 0.2) is 13.9 Å². The Balaban J connectivity index is 1.98. The average molecular weight is 450 g/mol. The van der Waals surface area contributed by atoms with Crippen LogP contribution in [0.15, 0.2) is 23.8 Å². The van der Waals surface area contributed by atoms with E-state index in [0.717, 1.165) is 25.1 Å². The minimum Gasteiger partial charge on any atom is -0.459 e. The molecule has 0 saturated carbocycles. The maximum Gasteiger partial charge on any atom is 0.337 e. The Morgan fingerprint density at radius 1 is 1.26 bits per heavy atom. The van der Waals surface area contributed by atoms with E-state index >= 15 is 0 Å². The Hall–Kier alpha value is -1.44. The van der Waals surface area contributed by atoms with Crippen molar-refractivity contribution in [2.45, 2.75) is 83.8 Å². The summed E-state index contributed by atoms with van der Waals surface area (Å²) in [5.74, 6) is -1.36. The van der Waals surface area contributed by atoms with Crippen LogP contribution in [0.3, 0.4) is 0 Å². The van der Waals surface area contributed by atoms with Gasteiger partial charge in [-0.1, -0.05) is 47.3 Å². The topological polar surface area (TPSA) is 65.1 Å². The first-order valence-corrected chi connectivity index (χ1v) is 14.3. The number of cyclic esters (lactones) is 1. The molecule has 0 amide bonds. The Bertz CT molecular complexity index is 798. The summed E-state index contributed by atoms with van der Waals surface area (Å²) in [6, 6.07) is -0.0238. The van der Waals surface area contributed by atoms with Crippen molar-refractivity contribution in [3.8, 4) is 0 Å². The van der Waals surface area contributed by atoms with E-state index in [1.54, 1.807) is 0 Å². The molecule has 31 heavy (non-hydrogen) atoms. The second kappa shape index (κ2) is 8.16. The molecular formula is C24H39NO5Si. The molecular weight excluding hydrogens is 410 g/mol. The van der Waals surface area contributed by atoms with Gasteiger partial charge >= 0.3 is 11.9 Å². The number of carbonyl (C=O) groups is 2. The largest absolute Gasteiger partial charge is 0.459 e. The van der Waals surface area contributed by atoms with Crippen molar-refractivity contribution in [1.29, 1.82) is 0 Å². The Labute approximate surface area is 188 Å². The van der Waals surface area contributed by atoms with E-state index in [4.69, 9.17) is 13.9 Å². The minimum absolute atomic E-state index is 0.0238. The highest BCUT2D eigenvalue weighted by Gasteiger charge is 2.52. The van der Waals surface area contributed by atoms with E-state index in [2.05, 4.69) is 51.4 Å². The number of esters is 2. The summed E-state index contributed by atoms with van der Waals surface area (Å²) in [7, 11) is -2.32. The lowest BCUT2D eigenvalue weighted by Gasteiger charge is -2.46. The van der Waals surface area contributed by atoms with Gasteiger partial charge in [0.1, 0.15) is 12.7 Å². The van der Waals surface area contributed by atoms with Gasteiger partial charge in [-0.05, 0) is 43.0 Å². The summed E-state index contributed by atoms with van der Waals surface area (Å²) in [6.07, 6.45) is 2.65. The summed E-state index contributed by atoms with van der Waals surface area (Å²) >= 11 is 0. The molecule has 0 aromatic carbocycles. The second-order valence-electron chi connectivity index (χ2n) is 11.1. The highest BCUT2D eigenvalue weighted by molar-refractivity contribution is 6.74. The van der Waals surface area contributed by atoms with Crippen LogP contribution in [0.4, 0.5) is 0 Å². The van der Waals surface area contributed by atoms with E-state index in [-0.39, 0.29) is 47.6 Å². The molecule has 0 aromatic heterocycles. The first kappa shape index (κ1) is 24.2. The number of hydrogen-bond donors (Lipinski definition) is 0. The standard InChI is InChI=1S/C24H39NO5Si/c1-15-16(2)21(26)29-19-11-13-25-12-10-18(20(19)25)14-28-22(27)24(7,17(15)3)30-31(8,9)23(4,5)6/h10,15,17,19-20H,2,11-14H2,1,3-9H3/t15?,17-,19-,20-,24-/m1/s1. The third kappa shape index (κ3) is 4.29. The van der Waals surface area contributed by atoms with E-state index in [1.807, 2.05) is 20.8 Å². The van der Waals surface area contributed by atoms with E-state index < -0.39 is 13.9 Å². The lowest BCUT2D eigenvalue weighted by atomic mass is 9.78.